The molecule has 2 aromatic heterocycles. The molecule has 0 spiro atoms. The first-order valence-corrected chi connectivity index (χ1v) is 9.47. The Labute approximate surface area is 173 Å². The molecule has 12 heteroatoms. The summed E-state index contributed by atoms with van der Waals surface area (Å²) in [7, 11) is 5.08. The summed E-state index contributed by atoms with van der Waals surface area (Å²) in [6.45, 7) is 3.72. The van der Waals surface area contributed by atoms with Crippen molar-refractivity contribution < 1.29 is 19.7 Å². The summed E-state index contributed by atoms with van der Waals surface area (Å²) in [6.07, 6.45) is -2.19. The van der Waals surface area contributed by atoms with Crippen molar-refractivity contribution in [1.82, 2.24) is 29.3 Å². The molecule has 158 valence electrons. The van der Waals surface area contributed by atoms with Crippen LogP contribution in [-0.4, -0.2) is 96.6 Å². The van der Waals surface area contributed by atoms with Crippen molar-refractivity contribution in [3.05, 3.63) is 12.2 Å². The van der Waals surface area contributed by atoms with Gasteiger partial charge in [0.05, 0.1) is 24.1 Å². The molecular weight excluding hydrogens is 398 g/mol. The predicted molar refractivity (Wildman–Crippen MR) is 109 cm³/mol. The van der Waals surface area contributed by atoms with Crippen LogP contribution >= 0.6 is 12.2 Å². The summed E-state index contributed by atoms with van der Waals surface area (Å²) in [6, 6.07) is 0. The van der Waals surface area contributed by atoms with Gasteiger partial charge in [-0.05, 0) is 13.8 Å². The van der Waals surface area contributed by atoms with E-state index in [1.165, 1.54) is 15.8 Å². The van der Waals surface area contributed by atoms with E-state index in [1.807, 2.05) is 0 Å². The first-order valence-electron chi connectivity index (χ1n) is 9.06. The Bertz CT molecular complexity index is 936. The molecule has 0 aromatic carbocycles. The van der Waals surface area contributed by atoms with Crippen LogP contribution in [-0.2, 0) is 4.74 Å². The molecule has 2 aromatic rings. The van der Waals surface area contributed by atoms with Crippen LogP contribution in [0.4, 0.5) is 5.82 Å². The average Bonchev–Trinajstić information content (AvgIpc) is 3.22. The van der Waals surface area contributed by atoms with E-state index in [0.717, 1.165) is 0 Å². The van der Waals surface area contributed by atoms with Gasteiger partial charge >= 0.3 is 0 Å². The normalized spacial score (nSPS) is 24.0. The molecule has 1 saturated heterocycles. The number of anilines is 1. The summed E-state index contributed by atoms with van der Waals surface area (Å²) in [4.78, 5) is 29.7. The number of rotatable bonds is 5. The van der Waals surface area contributed by atoms with Crippen molar-refractivity contribution in [2.75, 3.05) is 33.1 Å². The van der Waals surface area contributed by atoms with Crippen molar-refractivity contribution in [3.63, 3.8) is 0 Å². The van der Waals surface area contributed by atoms with Gasteiger partial charge in [0.1, 0.15) is 12.2 Å². The highest BCUT2D eigenvalue weighted by atomic mass is 32.1. The predicted octanol–water partition coefficient (Wildman–Crippen LogP) is -0.184. The Morgan fingerprint density at radius 1 is 1.31 bits per heavy atom. The van der Waals surface area contributed by atoms with Crippen LogP contribution in [0.2, 0.25) is 0 Å². The average molecular weight is 423 g/mol. The van der Waals surface area contributed by atoms with Gasteiger partial charge < -0.3 is 30.1 Å². The summed E-state index contributed by atoms with van der Waals surface area (Å²) >= 11 is 5.12. The number of thiocarbonyl (C=S) groups is 1. The molecule has 0 unspecified atom stereocenters. The monoisotopic (exact) mass is 423 g/mol. The van der Waals surface area contributed by atoms with E-state index < -0.39 is 30.4 Å². The number of nitrogens with one attached hydrogen (secondary N) is 1. The number of carbonyl (C=O) groups excluding carboxylic acids is 1. The molecule has 1 fully saturated rings. The zero-order valence-corrected chi connectivity index (χ0v) is 17.7. The van der Waals surface area contributed by atoms with Crippen molar-refractivity contribution in [2.24, 2.45) is 0 Å². The minimum Gasteiger partial charge on any atom is -0.388 e. The first kappa shape index (κ1) is 21.3. The Morgan fingerprint density at radius 3 is 2.55 bits per heavy atom. The van der Waals surface area contributed by atoms with Crippen molar-refractivity contribution in [2.45, 2.75) is 38.4 Å². The number of aliphatic hydroxyl groups excluding tert-OH is 2. The molecule has 1 aliphatic rings. The fourth-order valence-corrected chi connectivity index (χ4v) is 3.14. The standard InChI is InChI=1S/C17H25N7O4S/c1-8-11(25)12(26)17(28-8)24-6-19-10-13(18-3)20-14(21-15(10)24)16(27)23(5)7-22(4)9(2)29/h6,8,11-12,17,25-26H,7H2,1-5H3,(H,18,20,21)/t8-,11-,12-,17-/m1/s1. The molecule has 0 saturated carbocycles. The lowest BCUT2D eigenvalue weighted by Gasteiger charge is -2.24. The fraction of sp³-hybridized carbons (Fsp3) is 0.588. The third-order valence-corrected chi connectivity index (χ3v) is 5.22. The third-order valence-electron chi connectivity index (χ3n) is 4.91. The zero-order chi connectivity index (χ0) is 21.5. The second-order valence-electron chi connectivity index (χ2n) is 7.04. The van der Waals surface area contributed by atoms with Crippen LogP contribution in [0.15, 0.2) is 6.33 Å². The maximum absolute atomic E-state index is 12.9. The van der Waals surface area contributed by atoms with Gasteiger partial charge in [-0.1, -0.05) is 12.2 Å². The highest BCUT2D eigenvalue weighted by molar-refractivity contribution is 7.80. The molecule has 0 aliphatic carbocycles. The van der Waals surface area contributed by atoms with Gasteiger partial charge in [0.15, 0.2) is 23.2 Å². The summed E-state index contributed by atoms with van der Waals surface area (Å²) in [5.41, 5.74) is 0.731. The van der Waals surface area contributed by atoms with Crippen molar-refractivity contribution in [1.29, 1.82) is 0 Å². The van der Waals surface area contributed by atoms with Crippen molar-refractivity contribution in [3.8, 4) is 0 Å². The number of hydrogen-bond donors (Lipinski definition) is 3. The van der Waals surface area contributed by atoms with Crippen LogP contribution in [0.25, 0.3) is 11.2 Å². The number of nitrogens with zero attached hydrogens (tertiary/aromatic N) is 6. The van der Waals surface area contributed by atoms with Gasteiger partial charge in [-0.2, -0.15) is 0 Å². The SMILES string of the molecule is CNc1nc(C(=O)N(C)CN(C)C(C)=S)nc2c1ncn2[C@@H]1O[C@H](C)[C@@H](O)[C@H]1O. The molecule has 4 atom stereocenters. The Hall–Kier alpha value is -2.41. The first-order chi connectivity index (χ1) is 13.6. The van der Waals surface area contributed by atoms with Crippen LogP contribution in [0, 0.1) is 0 Å². The summed E-state index contributed by atoms with van der Waals surface area (Å²) in [5.74, 6) is -0.0749. The lowest BCUT2D eigenvalue weighted by molar-refractivity contribution is -0.0299. The lowest BCUT2D eigenvalue weighted by atomic mass is 10.1. The number of aromatic nitrogens is 4. The largest absolute Gasteiger partial charge is 0.388 e. The molecule has 1 amide bonds. The van der Waals surface area contributed by atoms with Gasteiger partial charge in [0.2, 0.25) is 5.82 Å². The molecular formula is C17H25N7O4S. The van der Waals surface area contributed by atoms with E-state index in [1.54, 1.807) is 39.9 Å². The van der Waals surface area contributed by atoms with E-state index in [4.69, 9.17) is 17.0 Å². The number of amides is 1. The number of aliphatic hydroxyl groups is 2. The molecule has 3 N–H and O–H groups in total. The number of fused-ring (bicyclic) bond motifs is 1. The number of hydrogen-bond acceptors (Lipinski definition) is 9. The molecule has 11 nitrogen and oxygen atoms in total. The highest BCUT2D eigenvalue weighted by Crippen LogP contribution is 2.32. The Kier molecular flexibility index (Phi) is 5.98. The quantitative estimate of drug-likeness (QED) is 0.440. The minimum absolute atomic E-state index is 0.0393. The smallest absolute Gasteiger partial charge is 0.292 e. The van der Waals surface area contributed by atoms with Crippen LogP contribution in [0.1, 0.15) is 30.7 Å². The minimum atomic E-state index is -1.16. The molecule has 3 rings (SSSR count). The topological polar surface area (TPSA) is 129 Å². The van der Waals surface area contributed by atoms with Gasteiger partial charge in [-0.15, -0.1) is 0 Å². The lowest BCUT2D eigenvalue weighted by Crippen LogP contribution is -2.39. The van der Waals surface area contributed by atoms with Crippen LogP contribution in [0.5, 0.6) is 0 Å². The highest BCUT2D eigenvalue weighted by Gasteiger charge is 2.42. The second kappa shape index (κ2) is 8.14. The number of carbonyl (C=O) groups is 1. The fourth-order valence-electron chi connectivity index (χ4n) is 3.08. The van der Waals surface area contributed by atoms with Crippen LogP contribution < -0.4 is 5.32 Å². The van der Waals surface area contributed by atoms with E-state index in [0.29, 0.717) is 22.0 Å². The number of ether oxygens (including phenoxy) is 1. The molecule has 29 heavy (non-hydrogen) atoms. The second-order valence-corrected chi connectivity index (χ2v) is 7.64. The van der Waals surface area contributed by atoms with Gasteiger partial charge in [0.25, 0.3) is 5.91 Å². The van der Waals surface area contributed by atoms with E-state index in [2.05, 4.69) is 20.3 Å². The number of imidazole rings is 1. The maximum Gasteiger partial charge on any atom is 0.292 e. The van der Waals surface area contributed by atoms with E-state index >= 15 is 0 Å². The van der Waals surface area contributed by atoms with Crippen LogP contribution in [0.3, 0.4) is 0 Å². The zero-order valence-electron chi connectivity index (χ0n) is 16.9. The third kappa shape index (κ3) is 3.88. The van der Waals surface area contributed by atoms with E-state index in [9.17, 15) is 15.0 Å². The maximum atomic E-state index is 12.9. The van der Waals surface area contributed by atoms with E-state index in [-0.39, 0.29) is 12.5 Å². The van der Waals surface area contributed by atoms with Gasteiger partial charge in [-0.3, -0.25) is 9.36 Å². The summed E-state index contributed by atoms with van der Waals surface area (Å²) < 4.78 is 7.16. The molecule has 0 bridgehead atoms. The van der Waals surface area contributed by atoms with Gasteiger partial charge in [-0.25, -0.2) is 15.0 Å². The summed E-state index contributed by atoms with van der Waals surface area (Å²) in [5, 5.41) is 23.3. The Balaban J connectivity index is 2.00. The Morgan fingerprint density at radius 2 is 2.00 bits per heavy atom. The molecule has 1 aliphatic heterocycles. The van der Waals surface area contributed by atoms with Crippen molar-refractivity contribution >= 4 is 40.1 Å². The van der Waals surface area contributed by atoms with Gasteiger partial charge in [0, 0.05) is 21.1 Å². The molecule has 0 radical (unpaired) electrons. The molecule has 3 heterocycles.